The van der Waals surface area contributed by atoms with Crippen LogP contribution in [0.2, 0.25) is 0 Å². The number of halogens is 2. The van der Waals surface area contributed by atoms with E-state index in [0.29, 0.717) is 11.3 Å². The smallest absolute Gasteiger partial charge is 0.134 e. The highest BCUT2D eigenvalue weighted by Crippen LogP contribution is 2.26. The van der Waals surface area contributed by atoms with E-state index in [2.05, 4.69) is 30.1 Å². The third-order valence-electron chi connectivity index (χ3n) is 4.35. The predicted octanol–water partition coefficient (Wildman–Crippen LogP) is 4.73. The van der Waals surface area contributed by atoms with Crippen molar-refractivity contribution in [2.45, 2.75) is 19.4 Å². The van der Waals surface area contributed by atoms with Crippen molar-refractivity contribution in [2.24, 2.45) is 0 Å². The molecule has 0 aliphatic carbocycles. The van der Waals surface area contributed by atoms with Crippen molar-refractivity contribution in [2.75, 3.05) is 27.3 Å². The van der Waals surface area contributed by atoms with Crippen LogP contribution in [0.3, 0.4) is 0 Å². The molecular weight excluding hydrogens is 353 g/mol. The van der Waals surface area contributed by atoms with Gasteiger partial charge in [-0.15, -0.1) is 12.4 Å². The molecule has 2 aromatic rings. The molecule has 0 atom stereocenters. The van der Waals surface area contributed by atoms with E-state index in [1.807, 2.05) is 6.08 Å². The Labute approximate surface area is 160 Å². The van der Waals surface area contributed by atoms with Crippen LogP contribution < -0.4 is 9.47 Å². The molecule has 140 valence electrons. The summed E-state index contributed by atoms with van der Waals surface area (Å²) in [5, 5.41) is 0. The minimum atomic E-state index is -0.273. The third-order valence-corrected chi connectivity index (χ3v) is 4.35. The van der Waals surface area contributed by atoms with Crippen molar-refractivity contribution in [3.63, 3.8) is 0 Å². The zero-order valence-corrected chi connectivity index (χ0v) is 16.0. The summed E-state index contributed by atoms with van der Waals surface area (Å²) in [5.74, 6) is 1.28. The maximum Gasteiger partial charge on any atom is 0.134 e. The van der Waals surface area contributed by atoms with Crippen LogP contribution in [0.4, 0.5) is 4.39 Å². The van der Waals surface area contributed by atoms with Gasteiger partial charge in [-0.2, -0.15) is 0 Å². The van der Waals surface area contributed by atoms with Crippen LogP contribution in [-0.4, -0.2) is 32.2 Å². The Hall–Kier alpha value is -2.04. The molecule has 0 saturated carbocycles. The van der Waals surface area contributed by atoms with E-state index in [4.69, 9.17) is 9.47 Å². The summed E-state index contributed by atoms with van der Waals surface area (Å²) in [4.78, 5) is 2.18. The average Bonchev–Trinajstić information content (AvgIpc) is 2.63. The number of fused-ring (bicyclic) bond motifs is 1. The summed E-state index contributed by atoms with van der Waals surface area (Å²) >= 11 is 0. The minimum absolute atomic E-state index is 0. The second-order valence-electron chi connectivity index (χ2n) is 6.38. The van der Waals surface area contributed by atoms with Crippen molar-refractivity contribution in [3.8, 4) is 11.5 Å². The molecule has 3 nitrogen and oxygen atoms in total. The van der Waals surface area contributed by atoms with E-state index in [1.54, 1.807) is 18.2 Å². The van der Waals surface area contributed by atoms with Crippen LogP contribution in [-0.2, 0) is 13.0 Å². The summed E-state index contributed by atoms with van der Waals surface area (Å²) in [6, 6.07) is 11.4. The van der Waals surface area contributed by atoms with Gasteiger partial charge >= 0.3 is 0 Å². The highest BCUT2D eigenvalue weighted by molar-refractivity contribution is 5.85. The lowest BCUT2D eigenvalue weighted by Gasteiger charge is -2.20. The van der Waals surface area contributed by atoms with Crippen LogP contribution in [0.25, 0.3) is 6.08 Å². The molecule has 26 heavy (non-hydrogen) atoms. The first-order chi connectivity index (χ1) is 12.2. The van der Waals surface area contributed by atoms with Gasteiger partial charge in [-0.25, -0.2) is 4.39 Å². The van der Waals surface area contributed by atoms with Crippen molar-refractivity contribution >= 4 is 18.5 Å². The Kier molecular flexibility index (Phi) is 7.49. The maximum atomic E-state index is 13.9. The van der Waals surface area contributed by atoms with Crippen molar-refractivity contribution in [1.29, 1.82) is 0 Å². The number of nitrogens with zero attached hydrogens (tertiary/aromatic N) is 1. The predicted molar refractivity (Wildman–Crippen MR) is 106 cm³/mol. The lowest BCUT2D eigenvalue weighted by Crippen LogP contribution is -2.18. The Morgan fingerprint density at radius 3 is 2.85 bits per heavy atom. The molecule has 0 radical (unpaired) electrons. The van der Waals surface area contributed by atoms with E-state index in [1.165, 1.54) is 24.3 Å². The highest BCUT2D eigenvalue weighted by atomic mass is 35.5. The fraction of sp³-hybridized carbons (Fsp3) is 0.333. The van der Waals surface area contributed by atoms with Crippen molar-refractivity contribution < 1.29 is 13.9 Å². The molecule has 0 spiro atoms. The SMILES string of the molecule is COc1ccc(/C=C/CN(C)Cc2ccc3c(c2)OCCC3)c(F)c1.Cl. The van der Waals surface area contributed by atoms with Gasteiger partial charge in [0.25, 0.3) is 0 Å². The summed E-state index contributed by atoms with van der Waals surface area (Å²) in [7, 11) is 3.58. The molecule has 1 aliphatic rings. The maximum absolute atomic E-state index is 13.9. The molecule has 0 saturated heterocycles. The van der Waals surface area contributed by atoms with Gasteiger partial charge in [0.15, 0.2) is 0 Å². The molecule has 0 aromatic heterocycles. The molecule has 0 bridgehead atoms. The van der Waals surface area contributed by atoms with Gasteiger partial charge in [0.05, 0.1) is 13.7 Å². The van der Waals surface area contributed by atoms with Crippen LogP contribution in [0.15, 0.2) is 42.5 Å². The largest absolute Gasteiger partial charge is 0.497 e. The first kappa shape index (κ1) is 20.3. The molecule has 0 unspecified atom stereocenters. The number of aryl methyl sites for hydroxylation is 1. The number of ether oxygens (including phenoxy) is 2. The lowest BCUT2D eigenvalue weighted by atomic mass is 10.0. The van der Waals surface area contributed by atoms with Gasteiger partial charge in [0, 0.05) is 24.7 Å². The van der Waals surface area contributed by atoms with E-state index in [-0.39, 0.29) is 18.2 Å². The topological polar surface area (TPSA) is 21.7 Å². The van der Waals surface area contributed by atoms with Crippen LogP contribution in [0, 0.1) is 5.82 Å². The first-order valence-electron chi connectivity index (χ1n) is 8.59. The second kappa shape index (κ2) is 9.60. The molecule has 0 N–H and O–H groups in total. The monoisotopic (exact) mass is 377 g/mol. The van der Waals surface area contributed by atoms with E-state index in [9.17, 15) is 4.39 Å². The number of methoxy groups -OCH3 is 1. The molecule has 2 aromatic carbocycles. The lowest BCUT2D eigenvalue weighted by molar-refractivity contribution is 0.287. The quantitative estimate of drug-likeness (QED) is 0.726. The third kappa shape index (κ3) is 5.23. The summed E-state index contributed by atoms with van der Waals surface area (Å²) in [6.45, 7) is 2.37. The number of benzene rings is 2. The molecule has 1 heterocycles. The van der Waals surface area contributed by atoms with Crippen LogP contribution >= 0.6 is 12.4 Å². The molecular formula is C21H25ClFNO2. The summed E-state index contributed by atoms with van der Waals surface area (Å²) in [6.07, 6.45) is 5.97. The van der Waals surface area contributed by atoms with E-state index < -0.39 is 0 Å². The van der Waals surface area contributed by atoms with Crippen molar-refractivity contribution in [1.82, 2.24) is 4.90 Å². The van der Waals surface area contributed by atoms with Gasteiger partial charge in [-0.05, 0) is 49.2 Å². The normalized spacial score (nSPS) is 13.2. The molecule has 0 amide bonds. The Morgan fingerprint density at radius 2 is 2.08 bits per heavy atom. The van der Waals surface area contributed by atoms with Gasteiger partial charge in [-0.3, -0.25) is 4.90 Å². The number of rotatable bonds is 6. The zero-order valence-electron chi connectivity index (χ0n) is 15.2. The summed E-state index contributed by atoms with van der Waals surface area (Å²) < 4.78 is 24.7. The van der Waals surface area contributed by atoms with Gasteiger partial charge in [-0.1, -0.05) is 24.3 Å². The number of hydrogen-bond donors (Lipinski definition) is 0. The fourth-order valence-corrected chi connectivity index (χ4v) is 2.99. The molecule has 3 rings (SSSR count). The molecule has 0 fully saturated rings. The molecule has 5 heteroatoms. The second-order valence-corrected chi connectivity index (χ2v) is 6.38. The fourth-order valence-electron chi connectivity index (χ4n) is 2.99. The Bertz CT molecular complexity index is 764. The summed E-state index contributed by atoms with van der Waals surface area (Å²) in [5.41, 5.74) is 3.09. The zero-order chi connectivity index (χ0) is 17.6. The van der Waals surface area contributed by atoms with E-state index >= 15 is 0 Å². The van der Waals surface area contributed by atoms with E-state index in [0.717, 1.165) is 38.3 Å². The number of likely N-dealkylation sites (N-methyl/N-ethyl adjacent to an activating group) is 1. The minimum Gasteiger partial charge on any atom is -0.497 e. The number of hydrogen-bond acceptors (Lipinski definition) is 3. The highest BCUT2D eigenvalue weighted by Gasteiger charge is 2.11. The van der Waals surface area contributed by atoms with Crippen LogP contribution in [0.1, 0.15) is 23.1 Å². The van der Waals surface area contributed by atoms with Crippen molar-refractivity contribution in [3.05, 3.63) is 65.0 Å². The standard InChI is InChI=1S/C21H24FNO2.ClH/c1-23(11-3-5-17-9-10-19(24-2)14-20(17)22)15-16-7-8-18-6-4-12-25-21(18)13-16;/h3,5,7-10,13-14H,4,6,11-12,15H2,1-2H3;1H/b5-3+;. The first-order valence-corrected chi connectivity index (χ1v) is 8.59. The Morgan fingerprint density at radius 1 is 1.23 bits per heavy atom. The average molecular weight is 378 g/mol. The van der Waals surface area contributed by atoms with Gasteiger partial charge in [0.2, 0.25) is 0 Å². The van der Waals surface area contributed by atoms with Crippen LogP contribution in [0.5, 0.6) is 11.5 Å². The molecule has 1 aliphatic heterocycles. The Balaban J connectivity index is 0.00000243. The van der Waals surface area contributed by atoms with Gasteiger partial charge < -0.3 is 9.47 Å². The van der Waals surface area contributed by atoms with Gasteiger partial charge in [0.1, 0.15) is 17.3 Å².